The van der Waals surface area contributed by atoms with Crippen LogP contribution in [0.2, 0.25) is 0 Å². The third-order valence-corrected chi connectivity index (χ3v) is 3.86. The van der Waals surface area contributed by atoms with Crippen LogP contribution >= 0.6 is 0 Å². The van der Waals surface area contributed by atoms with Gasteiger partial charge < -0.3 is 9.47 Å². The average molecular weight is 312 g/mol. The van der Waals surface area contributed by atoms with Crippen molar-refractivity contribution < 1.29 is 14.3 Å². The van der Waals surface area contributed by atoms with Gasteiger partial charge in [0.1, 0.15) is 5.60 Å². The molecule has 0 radical (unpaired) electrons. The molecule has 0 heterocycles. The van der Waals surface area contributed by atoms with E-state index < -0.39 is 11.6 Å². The molecule has 3 heteroatoms. The van der Waals surface area contributed by atoms with E-state index in [1.165, 1.54) is 16.8 Å². The van der Waals surface area contributed by atoms with Gasteiger partial charge in [-0.05, 0) is 43.2 Å². The number of ether oxygens (including phenoxy) is 2. The Bertz CT molecular complexity index is 688. The predicted octanol–water partition coefficient (Wildman–Crippen LogP) is 4.82. The highest BCUT2D eigenvalue weighted by Gasteiger charge is 2.22. The third-order valence-electron chi connectivity index (χ3n) is 3.86. The molecule has 0 aromatic heterocycles. The highest BCUT2D eigenvalue weighted by molar-refractivity contribution is 5.83. The van der Waals surface area contributed by atoms with Crippen LogP contribution < -0.4 is 0 Å². The number of hydrogen-bond acceptors (Lipinski definition) is 3. The molecule has 2 aromatic rings. The fourth-order valence-electron chi connectivity index (χ4n) is 2.40. The molecule has 0 spiro atoms. The molecule has 23 heavy (non-hydrogen) atoms. The third kappa shape index (κ3) is 4.93. The maximum Gasteiger partial charge on any atom is 0.330 e. The molecule has 0 N–H and O–H groups in total. The summed E-state index contributed by atoms with van der Waals surface area (Å²) in [5, 5.41) is 2.43. The van der Waals surface area contributed by atoms with Crippen LogP contribution in [0.25, 0.3) is 10.8 Å². The van der Waals surface area contributed by atoms with Crippen molar-refractivity contribution in [3.63, 3.8) is 0 Å². The Hall–Kier alpha value is -2.13. The molecule has 0 bridgehead atoms. The molecule has 0 saturated carbocycles. The molecule has 1 unspecified atom stereocenters. The van der Waals surface area contributed by atoms with Crippen LogP contribution in [0, 0.1) is 0 Å². The molecule has 122 valence electrons. The summed E-state index contributed by atoms with van der Waals surface area (Å²) in [5.41, 5.74) is 0.582. The fourth-order valence-corrected chi connectivity index (χ4v) is 2.40. The van der Waals surface area contributed by atoms with Gasteiger partial charge in [-0.25, -0.2) is 4.79 Å². The van der Waals surface area contributed by atoms with Crippen molar-refractivity contribution in [1.29, 1.82) is 0 Å². The molecule has 0 aliphatic rings. The highest BCUT2D eigenvalue weighted by atomic mass is 16.6. The van der Waals surface area contributed by atoms with Gasteiger partial charge in [-0.2, -0.15) is 0 Å². The van der Waals surface area contributed by atoms with E-state index in [1.54, 1.807) is 0 Å². The van der Waals surface area contributed by atoms with E-state index in [1.807, 2.05) is 32.9 Å². The molecule has 1 atom stereocenters. The SMILES string of the molecule is C=CC(=O)OC(C)(C)CCOC(C)c1ccc2ccccc2c1. The molecule has 0 aliphatic carbocycles. The Labute approximate surface area is 137 Å². The van der Waals surface area contributed by atoms with E-state index in [2.05, 4.69) is 36.9 Å². The Morgan fingerprint density at radius 3 is 2.61 bits per heavy atom. The lowest BCUT2D eigenvalue weighted by Gasteiger charge is -2.25. The summed E-state index contributed by atoms with van der Waals surface area (Å²) < 4.78 is 11.2. The van der Waals surface area contributed by atoms with Crippen LogP contribution in [-0.4, -0.2) is 18.2 Å². The van der Waals surface area contributed by atoms with Gasteiger partial charge in [-0.3, -0.25) is 0 Å². The van der Waals surface area contributed by atoms with Gasteiger partial charge in [0.15, 0.2) is 0 Å². The fraction of sp³-hybridized carbons (Fsp3) is 0.350. The summed E-state index contributed by atoms with van der Waals surface area (Å²) in [4.78, 5) is 11.3. The summed E-state index contributed by atoms with van der Waals surface area (Å²) in [7, 11) is 0. The summed E-state index contributed by atoms with van der Waals surface area (Å²) in [5.74, 6) is -0.405. The lowest BCUT2D eigenvalue weighted by molar-refractivity contribution is -0.152. The number of carbonyl (C=O) groups is 1. The maximum atomic E-state index is 11.3. The Morgan fingerprint density at radius 1 is 1.22 bits per heavy atom. The lowest BCUT2D eigenvalue weighted by Crippen LogP contribution is -2.29. The smallest absolute Gasteiger partial charge is 0.330 e. The first-order valence-electron chi connectivity index (χ1n) is 7.87. The number of benzene rings is 2. The van der Waals surface area contributed by atoms with Crippen molar-refractivity contribution in [3.05, 3.63) is 60.7 Å². The van der Waals surface area contributed by atoms with Crippen molar-refractivity contribution in [3.8, 4) is 0 Å². The van der Waals surface area contributed by atoms with E-state index in [0.29, 0.717) is 13.0 Å². The normalized spacial score (nSPS) is 12.8. The van der Waals surface area contributed by atoms with Crippen LogP contribution in [0.5, 0.6) is 0 Å². The standard InChI is InChI=1S/C20H24O3/c1-5-19(21)23-20(3,4)12-13-22-15(2)17-11-10-16-8-6-7-9-18(16)14-17/h5-11,14-15H,1,12-13H2,2-4H3. The van der Waals surface area contributed by atoms with Gasteiger partial charge in [0.25, 0.3) is 0 Å². The molecular formula is C20H24O3. The van der Waals surface area contributed by atoms with E-state index >= 15 is 0 Å². The van der Waals surface area contributed by atoms with Crippen LogP contribution in [0.1, 0.15) is 38.9 Å². The van der Waals surface area contributed by atoms with Crippen molar-refractivity contribution >= 4 is 16.7 Å². The zero-order valence-electron chi connectivity index (χ0n) is 14.0. The van der Waals surface area contributed by atoms with E-state index in [4.69, 9.17) is 9.47 Å². The second-order valence-corrected chi connectivity index (χ2v) is 6.25. The zero-order chi connectivity index (χ0) is 16.9. The van der Waals surface area contributed by atoms with Crippen molar-refractivity contribution in [2.75, 3.05) is 6.61 Å². The summed E-state index contributed by atoms with van der Waals surface area (Å²) in [6, 6.07) is 14.6. The van der Waals surface area contributed by atoms with Gasteiger partial charge in [-0.1, -0.05) is 43.0 Å². The molecule has 2 rings (SSSR count). The molecule has 0 amide bonds. The van der Waals surface area contributed by atoms with E-state index in [-0.39, 0.29) is 6.10 Å². The van der Waals surface area contributed by atoms with Crippen molar-refractivity contribution in [2.45, 2.75) is 38.9 Å². The first kappa shape index (κ1) is 17.2. The quantitative estimate of drug-likeness (QED) is 0.543. The molecule has 2 aromatic carbocycles. The Balaban J connectivity index is 1.92. The summed E-state index contributed by atoms with van der Waals surface area (Å²) in [6.45, 7) is 9.71. The van der Waals surface area contributed by atoms with Crippen LogP contribution in [0.15, 0.2) is 55.1 Å². The second kappa shape index (κ2) is 7.42. The molecule has 0 aliphatic heterocycles. The number of esters is 1. The Kier molecular flexibility index (Phi) is 5.56. The minimum absolute atomic E-state index is 0.00879. The second-order valence-electron chi connectivity index (χ2n) is 6.25. The molecule has 0 fully saturated rings. The minimum Gasteiger partial charge on any atom is -0.456 e. The number of fused-ring (bicyclic) bond motifs is 1. The first-order chi connectivity index (χ1) is 10.9. The lowest BCUT2D eigenvalue weighted by atomic mass is 10.0. The average Bonchev–Trinajstić information content (AvgIpc) is 2.53. The van der Waals surface area contributed by atoms with Crippen molar-refractivity contribution in [2.24, 2.45) is 0 Å². The van der Waals surface area contributed by atoms with Gasteiger partial charge in [-0.15, -0.1) is 0 Å². The number of rotatable bonds is 7. The van der Waals surface area contributed by atoms with E-state index in [9.17, 15) is 4.79 Å². The predicted molar refractivity (Wildman–Crippen MR) is 93.3 cm³/mol. The van der Waals surface area contributed by atoms with Gasteiger partial charge >= 0.3 is 5.97 Å². The summed E-state index contributed by atoms with van der Waals surface area (Å²) >= 11 is 0. The highest BCUT2D eigenvalue weighted by Crippen LogP contribution is 2.24. The topological polar surface area (TPSA) is 35.5 Å². The van der Waals surface area contributed by atoms with Crippen LogP contribution in [0.3, 0.4) is 0 Å². The van der Waals surface area contributed by atoms with Crippen LogP contribution in [-0.2, 0) is 14.3 Å². The maximum absolute atomic E-state index is 11.3. The molecular weight excluding hydrogens is 288 g/mol. The van der Waals surface area contributed by atoms with Crippen molar-refractivity contribution in [1.82, 2.24) is 0 Å². The first-order valence-corrected chi connectivity index (χ1v) is 7.87. The van der Waals surface area contributed by atoms with Gasteiger partial charge in [0, 0.05) is 12.5 Å². The van der Waals surface area contributed by atoms with Crippen LogP contribution in [0.4, 0.5) is 0 Å². The van der Waals surface area contributed by atoms with E-state index in [0.717, 1.165) is 5.56 Å². The monoisotopic (exact) mass is 312 g/mol. The largest absolute Gasteiger partial charge is 0.456 e. The summed E-state index contributed by atoms with van der Waals surface area (Å²) in [6.07, 6.45) is 1.80. The molecule has 3 nitrogen and oxygen atoms in total. The number of hydrogen-bond donors (Lipinski definition) is 0. The minimum atomic E-state index is -0.561. The van der Waals surface area contributed by atoms with Gasteiger partial charge in [0.05, 0.1) is 12.7 Å². The Morgan fingerprint density at radius 2 is 1.91 bits per heavy atom. The zero-order valence-corrected chi connectivity index (χ0v) is 14.0. The van der Waals surface area contributed by atoms with Gasteiger partial charge in [0.2, 0.25) is 0 Å². The number of carbonyl (C=O) groups excluding carboxylic acids is 1. The molecule has 0 saturated heterocycles.